The zero-order chi connectivity index (χ0) is 15.6. The third kappa shape index (κ3) is 3.48. The quantitative estimate of drug-likeness (QED) is 0.890. The fourth-order valence-electron chi connectivity index (χ4n) is 2.74. The van der Waals surface area contributed by atoms with Crippen molar-refractivity contribution in [1.29, 1.82) is 5.26 Å². The number of halogens is 3. The molecule has 1 heterocycles. The minimum Gasteiger partial charge on any atom is -0.318 e. The highest BCUT2D eigenvalue weighted by molar-refractivity contribution is 5.52. The molecule has 21 heavy (non-hydrogen) atoms. The molecule has 2 unspecified atom stereocenters. The first kappa shape index (κ1) is 15.6. The van der Waals surface area contributed by atoms with Crippen LogP contribution in [0.2, 0.25) is 0 Å². The lowest BCUT2D eigenvalue weighted by Gasteiger charge is -2.39. The highest BCUT2D eigenvalue weighted by Gasteiger charge is 2.34. The number of nitriles is 1. The van der Waals surface area contributed by atoms with Crippen LogP contribution in [0.5, 0.6) is 0 Å². The Bertz CT molecular complexity index is 538. The van der Waals surface area contributed by atoms with E-state index in [4.69, 9.17) is 5.26 Å². The van der Waals surface area contributed by atoms with E-state index in [1.165, 1.54) is 12.1 Å². The summed E-state index contributed by atoms with van der Waals surface area (Å²) in [4.78, 5) is 0. The van der Waals surface area contributed by atoms with E-state index >= 15 is 0 Å². The summed E-state index contributed by atoms with van der Waals surface area (Å²) in [5.74, 6) is 0. The average Bonchev–Trinajstić information content (AvgIpc) is 2.42. The lowest BCUT2D eigenvalue weighted by atomic mass is 10.00. The van der Waals surface area contributed by atoms with Crippen molar-refractivity contribution in [2.75, 3.05) is 5.43 Å². The molecule has 1 N–H and O–H groups in total. The predicted molar refractivity (Wildman–Crippen MR) is 74.4 cm³/mol. The molecule has 2 atom stereocenters. The van der Waals surface area contributed by atoms with Crippen LogP contribution in [0.3, 0.4) is 0 Å². The maximum atomic E-state index is 13.0. The van der Waals surface area contributed by atoms with Crippen LogP contribution in [0.4, 0.5) is 18.9 Å². The smallest absolute Gasteiger partial charge is 0.318 e. The van der Waals surface area contributed by atoms with Crippen molar-refractivity contribution in [2.45, 2.75) is 51.4 Å². The summed E-state index contributed by atoms with van der Waals surface area (Å²) < 4.78 is 38.9. The molecular formula is C15H18F3N3. The minimum absolute atomic E-state index is 0.263. The van der Waals surface area contributed by atoms with Crippen molar-refractivity contribution in [2.24, 2.45) is 0 Å². The molecule has 0 amide bonds. The fraction of sp³-hybridized carbons (Fsp3) is 0.533. The maximum absolute atomic E-state index is 13.0. The highest BCUT2D eigenvalue weighted by atomic mass is 19.4. The van der Waals surface area contributed by atoms with Gasteiger partial charge in [0.25, 0.3) is 0 Å². The number of piperidine rings is 1. The maximum Gasteiger partial charge on any atom is 0.417 e. The van der Waals surface area contributed by atoms with Crippen molar-refractivity contribution in [3.05, 3.63) is 29.3 Å². The number of anilines is 1. The highest BCUT2D eigenvalue weighted by Crippen LogP contribution is 2.34. The first-order chi connectivity index (χ1) is 9.82. The molecule has 1 aromatic rings. The first-order valence-electron chi connectivity index (χ1n) is 6.99. The number of hydrogen-bond donors (Lipinski definition) is 1. The second-order valence-electron chi connectivity index (χ2n) is 5.52. The molecule has 0 bridgehead atoms. The third-order valence-corrected chi connectivity index (χ3v) is 3.90. The molecule has 0 aromatic heterocycles. The zero-order valence-corrected chi connectivity index (χ0v) is 12.0. The van der Waals surface area contributed by atoms with Crippen LogP contribution < -0.4 is 5.43 Å². The topological polar surface area (TPSA) is 39.1 Å². The second kappa shape index (κ2) is 5.94. The van der Waals surface area contributed by atoms with Crippen LogP contribution in [0.25, 0.3) is 0 Å². The minimum atomic E-state index is -4.53. The van der Waals surface area contributed by atoms with Gasteiger partial charge in [0.1, 0.15) is 0 Å². The van der Waals surface area contributed by atoms with Gasteiger partial charge in [-0.15, -0.1) is 0 Å². The summed E-state index contributed by atoms with van der Waals surface area (Å²) in [6.07, 6.45) is -1.37. The number of rotatable bonds is 2. The van der Waals surface area contributed by atoms with Crippen LogP contribution in [0, 0.1) is 11.3 Å². The molecule has 0 spiro atoms. The van der Waals surface area contributed by atoms with Gasteiger partial charge in [0.05, 0.1) is 17.2 Å². The summed E-state index contributed by atoms with van der Waals surface area (Å²) in [6.45, 7) is 4.11. The SMILES string of the molecule is CC1CCCC(C)N1Nc1ccc(C#N)c(C(F)(F)F)c1. The summed E-state index contributed by atoms with van der Waals surface area (Å²) >= 11 is 0. The Morgan fingerprint density at radius 2 is 1.86 bits per heavy atom. The van der Waals surface area contributed by atoms with E-state index in [2.05, 4.69) is 19.3 Å². The Hall–Kier alpha value is -1.74. The fourth-order valence-corrected chi connectivity index (χ4v) is 2.74. The van der Waals surface area contributed by atoms with E-state index in [0.717, 1.165) is 25.3 Å². The summed E-state index contributed by atoms with van der Waals surface area (Å²) in [5, 5.41) is 10.8. The molecule has 0 radical (unpaired) electrons. The van der Waals surface area contributed by atoms with Crippen molar-refractivity contribution in [3.8, 4) is 6.07 Å². The van der Waals surface area contributed by atoms with Gasteiger partial charge in [0.2, 0.25) is 0 Å². The molecule has 3 nitrogen and oxygen atoms in total. The van der Waals surface area contributed by atoms with Crippen LogP contribution in [-0.2, 0) is 6.18 Å². The number of nitrogens with zero attached hydrogens (tertiary/aromatic N) is 2. The molecular weight excluding hydrogens is 279 g/mol. The number of hydrogen-bond acceptors (Lipinski definition) is 3. The van der Waals surface area contributed by atoms with Crippen LogP contribution in [-0.4, -0.2) is 17.1 Å². The predicted octanol–water partition coefficient (Wildman–Crippen LogP) is 4.17. The van der Waals surface area contributed by atoms with Crippen LogP contribution in [0.15, 0.2) is 18.2 Å². The standard InChI is InChI=1S/C15H18F3N3/c1-10-4-3-5-11(2)21(10)20-13-7-6-12(9-19)14(8-13)15(16,17)18/h6-8,10-11,20H,3-5H2,1-2H3. The summed E-state index contributed by atoms with van der Waals surface area (Å²) in [6, 6.07) is 5.85. The molecule has 1 fully saturated rings. The van der Waals surface area contributed by atoms with Crippen molar-refractivity contribution >= 4 is 5.69 Å². The van der Waals surface area contributed by atoms with E-state index in [0.29, 0.717) is 5.69 Å². The van der Waals surface area contributed by atoms with Gasteiger partial charge in [0.15, 0.2) is 0 Å². The van der Waals surface area contributed by atoms with Crippen molar-refractivity contribution in [1.82, 2.24) is 5.01 Å². The lowest BCUT2D eigenvalue weighted by molar-refractivity contribution is -0.137. The molecule has 114 valence electrons. The number of hydrazine groups is 1. The summed E-state index contributed by atoms with van der Waals surface area (Å²) in [5.41, 5.74) is 2.18. The Morgan fingerprint density at radius 3 is 2.38 bits per heavy atom. The Kier molecular flexibility index (Phi) is 4.43. The monoisotopic (exact) mass is 297 g/mol. The molecule has 6 heteroatoms. The largest absolute Gasteiger partial charge is 0.417 e. The Morgan fingerprint density at radius 1 is 1.24 bits per heavy atom. The Balaban J connectivity index is 2.27. The molecule has 1 aliphatic heterocycles. The van der Waals surface area contributed by atoms with E-state index < -0.39 is 11.7 Å². The third-order valence-electron chi connectivity index (χ3n) is 3.90. The molecule has 2 rings (SSSR count). The van der Waals surface area contributed by atoms with E-state index in [1.54, 1.807) is 6.07 Å². The number of nitrogens with one attached hydrogen (secondary N) is 1. The van der Waals surface area contributed by atoms with E-state index in [1.807, 2.05) is 5.01 Å². The van der Waals surface area contributed by atoms with Crippen molar-refractivity contribution in [3.63, 3.8) is 0 Å². The van der Waals surface area contributed by atoms with Gasteiger partial charge in [-0.05, 0) is 44.9 Å². The van der Waals surface area contributed by atoms with Gasteiger partial charge in [-0.25, -0.2) is 5.01 Å². The zero-order valence-electron chi connectivity index (χ0n) is 12.0. The van der Waals surface area contributed by atoms with Crippen molar-refractivity contribution < 1.29 is 13.2 Å². The normalized spacial score (nSPS) is 23.6. The van der Waals surface area contributed by atoms with Gasteiger partial charge >= 0.3 is 6.18 Å². The molecule has 0 saturated carbocycles. The lowest BCUT2D eigenvalue weighted by Crippen LogP contribution is -2.47. The van der Waals surface area contributed by atoms with E-state index in [-0.39, 0.29) is 17.6 Å². The van der Waals surface area contributed by atoms with Crippen LogP contribution in [0.1, 0.15) is 44.2 Å². The van der Waals surface area contributed by atoms with Gasteiger partial charge in [0, 0.05) is 17.8 Å². The molecule has 1 aromatic carbocycles. The number of alkyl halides is 3. The average molecular weight is 297 g/mol. The number of benzene rings is 1. The molecule has 0 aliphatic carbocycles. The summed E-state index contributed by atoms with van der Waals surface area (Å²) in [7, 11) is 0. The van der Waals surface area contributed by atoms with Gasteiger partial charge in [-0.3, -0.25) is 0 Å². The van der Waals surface area contributed by atoms with E-state index in [9.17, 15) is 13.2 Å². The first-order valence-corrected chi connectivity index (χ1v) is 6.99. The second-order valence-corrected chi connectivity index (χ2v) is 5.52. The molecule has 1 aliphatic rings. The Labute approximate surface area is 122 Å². The van der Waals surface area contributed by atoms with Crippen LogP contribution >= 0.6 is 0 Å². The van der Waals surface area contributed by atoms with Gasteiger partial charge < -0.3 is 5.43 Å². The van der Waals surface area contributed by atoms with Gasteiger partial charge in [-0.1, -0.05) is 6.42 Å². The molecule has 1 saturated heterocycles. The van der Waals surface area contributed by atoms with Gasteiger partial charge in [-0.2, -0.15) is 18.4 Å².